The van der Waals surface area contributed by atoms with E-state index in [0.717, 1.165) is 12.2 Å². The normalized spacial score (nSPS) is 15.9. The molecule has 11 heavy (non-hydrogen) atoms. The molecule has 2 atom stereocenters. The summed E-state index contributed by atoms with van der Waals surface area (Å²) in [5.41, 5.74) is 10.6. The lowest BCUT2D eigenvalue weighted by Crippen LogP contribution is -2.40. The van der Waals surface area contributed by atoms with Crippen LogP contribution in [0.2, 0.25) is 0 Å². The molecule has 5 heteroatoms. The molecule has 0 aliphatic rings. The number of thiol groups is 1. The van der Waals surface area contributed by atoms with E-state index in [0.29, 0.717) is 0 Å². The number of hydrogen-bond donors (Lipinski definition) is 3. The second-order valence-corrected chi connectivity index (χ2v) is 3.83. The van der Waals surface area contributed by atoms with Crippen LogP contribution in [0.1, 0.15) is 6.42 Å². The van der Waals surface area contributed by atoms with E-state index >= 15 is 0 Å². The van der Waals surface area contributed by atoms with E-state index in [4.69, 9.17) is 11.5 Å². The van der Waals surface area contributed by atoms with Crippen LogP contribution in [-0.4, -0.2) is 29.2 Å². The fourth-order valence-electron chi connectivity index (χ4n) is 0.623. The maximum Gasteiger partial charge on any atom is 0.231 e. The molecule has 66 valence electrons. The molecule has 0 spiro atoms. The number of hydrogen-bond acceptors (Lipinski definition) is 4. The van der Waals surface area contributed by atoms with Gasteiger partial charge in [-0.25, -0.2) is 0 Å². The molecule has 0 aliphatic carbocycles. The van der Waals surface area contributed by atoms with E-state index < -0.39 is 11.2 Å². The lowest BCUT2D eigenvalue weighted by molar-refractivity contribution is -0.117. The highest BCUT2D eigenvalue weighted by Crippen LogP contribution is 2.06. The quantitative estimate of drug-likeness (QED) is 0.533. The van der Waals surface area contributed by atoms with Crippen molar-refractivity contribution in [3.63, 3.8) is 0 Å². The molecule has 0 saturated carbocycles. The largest absolute Gasteiger partial charge is 0.369 e. The van der Waals surface area contributed by atoms with Crippen molar-refractivity contribution in [3.8, 4) is 0 Å². The molecule has 0 aromatic heterocycles. The van der Waals surface area contributed by atoms with Gasteiger partial charge in [0.25, 0.3) is 0 Å². The fourth-order valence-corrected chi connectivity index (χ4v) is 1.28. The lowest BCUT2D eigenvalue weighted by atomic mass is 10.1. The SMILES string of the molecule is CSCCC(N)C(S)C(N)=O. The molecule has 2 unspecified atom stereocenters. The van der Waals surface area contributed by atoms with Gasteiger partial charge in [0.2, 0.25) is 5.91 Å². The van der Waals surface area contributed by atoms with E-state index in [1.54, 1.807) is 11.8 Å². The van der Waals surface area contributed by atoms with Gasteiger partial charge in [0.1, 0.15) is 0 Å². The zero-order chi connectivity index (χ0) is 8.85. The molecule has 3 nitrogen and oxygen atoms in total. The molecule has 0 bridgehead atoms. The van der Waals surface area contributed by atoms with Crippen molar-refractivity contribution >= 4 is 30.3 Å². The van der Waals surface area contributed by atoms with Gasteiger partial charge in [-0.3, -0.25) is 4.79 Å². The van der Waals surface area contributed by atoms with Crippen LogP contribution in [-0.2, 0) is 4.79 Å². The van der Waals surface area contributed by atoms with Crippen molar-refractivity contribution in [1.29, 1.82) is 0 Å². The first-order valence-corrected chi connectivity index (χ1v) is 5.22. The highest BCUT2D eigenvalue weighted by atomic mass is 32.2. The number of thioether (sulfide) groups is 1. The van der Waals surface area contributed by atoms with Gasteiger partial charge in [0.15, 0.2) is 0 Å². The summed E-state index contributed by atoms with van der Waals surface area (Å²) in [6.07, 6.45) is 2.77. The Bertz CT molecular complexity index is 132. The third kappa shape index (κ3) is 4.55. The molecule has 0 aromatic carbocycles. The number of rotatable bonds is 5. The van der Waals surface area contributed by atoms with E-state index in [1.807, 2.05) is 6.26 Å². The van der Waals surface area contributed by atoms with Crippen LogP contribution >= 0.6 is 24.4 Å². The van der Waals surface area contributed by atoms with Crippen LogP contribution in [0, 0.1) is 0 Å². The molecule has 1 amide bonds. The van der Waals surface area contributed by atoms with Crippen LogP contribution < -0.4 is 11.5 Å². The van der Waals surface area contributed by atoms with Gasteiger partial charge in [-0.15, -0.1) is 0 Å². The number of primary amides is 1. The van der Waals surface area contributed by atoms with Crippen molar-refractivity contribution in [2.24, 2.45) is 11.5 Å². The summed E-state index contributed by atoms with van der Waals surface area (Å²) in [6.45, 7) is 0. The summed E-state index contributed by atoms with van der Waals surface area (Å²) in [5.74, 6) is 0.493. The zero-order valence-corrected chi connectivity index (χ0v) is 8.20. The minimum atomic E-state index is -0.512. The molecule has 0 aliphatic heterocycles. The second kappa shape index (κ2) is 5.74. The Morgan fingerprint density at radius 1 is 1.73 bits per heavy atom. The average Bonchev–Trinajstić information content (AvgIpc) is 1.98. The molecule has 0 radical (unpaired) electrons. The summed E-state index contributed by atoms with van der Waals surface area (Å²) in [7, 11) is 0. The first-order valence-electron chi connectivity index (χ1n) is 3.31. The standard InChI is InChI=1S/C6H14N2OS2/c1-11-3-2-4(7)5(10)6(8)9/h4-5,10H,2-3,7H2,1H3,(H2,8,9). The van der Waals surface area contributed by atoms with E-state index in [-0.39, 0.29) is 6.04 Å². The van der Waals surface area contributed by atoms with Crippen LogP contribution in [0.25, 0.3) is 0 Å². The smallest absolute Gasteiger partial charge is 0.231 e. The summed E-state index contributed by atoms with van der Waals surface area (Å²) < 4.78 is 0. The minimum absolute atomic E-state index is 0.219. The predicted octanol–water partition coefficient (Wildman–Crippen LogP) is -0.150. The Balaban J connectivity index is 3.63. The molecule has 0 rings (SSSR count). The maximum atomic E-state index is 10.6. The van der Waals surface area contributed by atoms with Crippen molar-refractivity contribution in [2.45, 2.75) is 17.7 Å². The van der Waals surface area contributed by atoms with E-state index in [9.17, 15) is 4.79 Å². The van der Waals surface area contributed by atoms with Crippen LogP contribution in [0.4, 0.5) is 0 Å². The molecule has 0 saturated heterocycles. The summed E-state index contributed by atoms with van der Waals surface area (Å²) in [4.78, 5) is 10.6. The van der Waals surface area contributed by atoms with Gasteiger partial charge in [-0.2, -0.15) is 24.4 Å². The van der Waals surface area contributed by atoms with Crippen LogP contribution in [0.3, 0.4) is 0 Å². The number of amides is 1. The second-order valence-electron chi connectivity index (χ2n) is 2.29. The van der Waals surface area contributed by atoms with E-state index in [1.165, 1.54) is 0 Å². The first kappa shape index (κ1) is 11.1. The molecule has 4 N–H and O–H groups in total. The number of carbonyl (C=O) groups is 1. The van der Waals surface area contributed by atoms with Crippen LogP contribution in [0.5, 0.6) is 0 Å². The van der Waals surface area contributed by atoms with Crippen molar-refractivity contribution in [2.75, 3.05) is 12.0 Å². The third-order valence-corrected chi connectivity index (χ3v) is 2.63. The molecule has 0 heterocycles. The monoisotopic (exact) mass is 194 g/mol. The average molecular weight is 194 g/mol. The van der Waals surface area contributed by atoms with Gasteiger partial charge in [-0.1, -0.05) is 0 Å². The third-order valence-electron chi connectivity index (χ3n) is 1.35. The Labute approximate surface area is 76.7 Å². The first-order chi connectivity index (χ1) is 5.09. The van der Waals surface area contributed by atoms with Crippen molar-refractivity contribution < 1.29 is 4.79 Å². The fraction of sp³-hybridized carbons (Fsp3) is 0.833. The Hall–Kier alpha value is 0.130. The van der Waals surface area contributed by atoms with Crippen LogP contribution in [0.15, 0.2) is 0 Å². The Kier molecular flexibility index (Phi) is 5.81. The predicted molar refractivity (Wildman–Crippen MR) is 52.9 cm³/mol. The molecular weight excluding hydrogens is 180 g/mol. The van der Waals surface area contributed by atoms with Gasteiger partial charge in [0.05, 0.1) is 5.25 Å². The van der Waals surface area contributed by atoms with Crippen molar-refractivity contribution in [1.82, 2.24) is 0 Å². The van der Waals surface area contributed by atoms with Gasteiger partial charge in [0, 0.05) is 6.04 Å². The lowest BCUT2D eigenvalue weighted by Gasteiger charge is -2.14. The van der Waals surface area contributed by atoms with E-state index in [2.05, 4.69) is 12.6 Å². The highest BCUT2D eigenvalue weighted by Gasteiger charge is 2.17. The molecule has 0 aromatic rings. The summed E-state index contributed by atoms with van der Waals surface area (Å²) >= 11 is 5.68. The van der Waals surface area contributed by atoms with Gasteiger partial charge < -0.3 is 11.5 Å². The number of nitrogens with two attached hydrogens (primary N) is 2. The van der Waals surface area contributed by atoms with Gasteiger partial charge >= 0.3 is 0 Å². The molecule has 0 fully saturated rings. The minimum Gasteiger partial charge on any atom is -0.369 e. The number of carbonyl (C=O) groups excluding carboxylic acids is 1. The topological polar surface area (TPSA) is 69.1 Å². The zero-order valence-electron chi connectivity index (χ0n) is 6.49. The Morgan fingerprint density at radius 3 is 2.64 bits per heavy atom. The maximum absolute atomic E-state index is 10.6. The molecular formula is C6H14N2OS2. The van der Waals surface area contributed by atoms with Crippen molar-refractivity contribution in [3.05, 3.63) is 0 Å². The summed E-state index contributed by atoms with van der Waals surface area (Å²) in [5, 5.41) is -0.512. The highest BCUT2D eigenvalue weighted by molar-refractivity contribution is 7.98. The summed E-state index contributed by atoms with van der Waals surface area (Å²) in [6, 6.07) is -0.219. The van der Waals surface area contributed by atoms with Gasteiger partial charge in [-0.05, 0) is 18.4 Å². The Morgan fingerprint density at radius 2 is 2.27 bits per heavy atom.